The number of thiophene rings is 1. The van der Waals surface area contributed by atoms with E-state index in [1.165, 1.54) is 10.4 Å². The van der Waals surface area contributed by atoms with Crippen LogP contribution in [0.5, 0.6) is 0 Å². The van der Waals surface area contributed by atoms with Gasteiger partial charge in [0.1, 0.15) is 0 Å². The summed E-state index contributed by atoms with van der Waals surface area (Å²) in [5.74, 6) is 0.00998. The molecule has 0 saturated carbocycles. The largest absolute Gasteiger partial charge is 0.354 e. The molecule has 96 valence electrons. The quantitative estimate of drug-likeness (QED) is 0.841. The third-order valence-corrected chi connectivity index (χ3v) is 4.31. The summed E-state index contributed by atoms with van der Waals surface area (Å²) in [6.07, 6.45) is 1.40. The lowest BCUT2D eigenvalue weighted by atomic mass is 10.0. The molecule has 1 amide bonds. The van der Waals surface area contributed by atoms with Gasteiger partial charge >= 0.3 is 0 Å². The van der Waals surface area contributed by atoms with Gasteiger partial charge in [-0.25, -0.2) is 0 Å². The predicted molar refractivity (Wildman–Crippen MR) is 71.3 cm³/mol. The summed E-state index contributed by atoms with van der Waals surface area (Å²) in [5, 5.41) is 13.3. The van der Waals surface area contributed by atoms with Crippen LogP contribution in [0.4, 0.5) is 0 Å². The van der Waals surface area contributed by atoms with E-state index in [0.717, 1.165) is 13.0 Å². The number of nitriles is 1. The third-order valence-electron chi connectivity index (χ3n) is 3.31. The number of nitrogens with one attached hydrogen (secondary N) is 1. The third kappa shape index (κ3) is 2.89. The fourth-order valence-electron chi connectivity index (χ4n) is 2.28. The molecule has 2 rings (SSSR count). The maximum absolute atomic E-state index is 11.7. The summed E-state index contributed by atoms with van der Waals surface area (Å²) in [5.41, 5.74) is 1.36. The van der Waals surface area contributed by atoms with Gasteiger partial charge in [-0.1, -0.05) is 0 Å². The average Bonchev–Trinajstić information content (AvgIpc) is 2.82. The van der Waals surface area contributed by atoms with E-state index in [0.29, 0.717) is 25.6 Å². The molecule has 1 aliphatic heterocycles. The van der Waals surface area contributed by atoms with Gasteiger partial charge in [0.15, 0.2) is 0 Å². The highest BCUT2D eigenvalue weighted by atomic mass is 32.1. The fourth-order valence-corrected chi connectivity index (χ4v) is 3.24. The zero-order chi connectivity index (χ0) is 13.0. The molecule has 1 aromatic rings. The molecule has 0 radical (unpaired) electrons. The smallest absolute Gasteiger partial charge is 0.234 e. The molecule has 0 aromatic carbocycles. The highest BCUT2D eigenvalue weighted by molar-refractivity contribution is 7.10. The average molecular weight is 263 g/mol. The number of nitrogens with zero attached hydrogens (tertiary/aromatic N) is 2. The maximum Gasteiger partial charge on any atom is 0.234 e. The van der Waals surface area contributed by atoms with Crippen LogP contribution < -0.4 is 5.32 Å². The number of hydrogen-bond donors (Lipinski definition) is 1. The Kier molecular flexibility index (Phi) is 4.34. The van der Waals surface area contributed by atoms with E-state index < -0.39 is 0 Å². The van der Waals surface area contributed by atoms with Gasteiger partial charge in [0, 0.05) is 24.0 Å². The first kappa shape index (κ1) is 13.1. The highest BCUT2D eigenvalue weighted by Gasteiger charge is 2.25. The molecule has 2 heterocycles. The van der Waals surface area contributed by atoms with Crippen LogP contribution in [-0.2, 0) is 11.2 Å². The van der Waals surface area contributed by atoms with E-state index in [-0.39, 0.29) is 5.91 Å². The zero-order valence-corrected chi connectivity index (χ0v) is 11.3. The molecule has 5 heteroatoms. The standard InChI is InChI=1S/C13H17N3OS/c1-10-11-4-8-18-12(11)3-7-16(10)9-13(17)15-6-2-5-14/h4,8,10H,2-3,6-7,9H2,1H3,(H,15,17)/t10-/m0/s1. The minimum atomic E-state index is 0.00998. The lowest BCUT2D eigenvalue weighted by Crippen LogP contribution is -2.41. The number of rotatable bonds is 4. The maximum atomic E-state index is 11.7. The molecule has 0 saturated heterocycles. The Labute approximate surface area is 111 Å². The molecule has 4 nitrogen and oxygen atoms in total. The zero-order valence-electron chi connectivity index (χ0n) is 10.5. The molecule has 18 heavy (non-hydrogen) atoms. The van der Waals surface area contributed by atoms with Crippen LogP contribution in [0.25, 0.3) is 0 Å². The number of hydrogen-bond acceptors (Lipinski definition) is 4. The molecule has 0 bridgehead atoms. The van der Waals surface area contributed by atoms with Crippen LogP contribution in [0.2, 0.25) is 0 Å². The molecule has 1 N–H and O–H groups in total. The molecular formula is C13H17N3OS. The normalized spacial score (nSPS) is 19.0. The Morgan fingerprint density at radius 3 is 3.33 bits per heavy atom. The predicted octanol–water partition coefficient (Wildman–Crippen LogP) is 1.70. The molecule has 1 atom stereocenters. The second-order valence-corrected chi connectivity index (χ2v) is 5.45. The SMILES string of the molecule is C[C@H]1c2ccsc2CCN1CC(=O)NCCC#N. The number of amides is 1. The topological polar surface area (TPSA) is 56.1 Å². The van der Waals surface area contributed by atoms with Gasteiger partial charge in [0.2, 0.25) is 5.91 Å². The van der Waals surface area contributed by atoms with Gasteiger partial charge in [0.25, 0.3) is 0 Å². The van der Waals surface area contributed by atoms with E-state index in [1.54, 1.807) is 11.3 Å². The first-order valence-corrected chi connectivity index (χ1v) is 7.04. The summed E-state index contributed by atoms with van der Waals surface area (Å²) < 4.78 is 0. The summed E-state index contributed by atoms with van der Waals surface area (Å²) in [7, 11) is 0. The van der Waals surface area contributed by atoms with Gasteiger partial charge in [-0.3, -0.25) is 9.69 Å². The van der Waals surface area contributed by atoms with Gasteiger partial charge in [-0.15, -0.1) is 11.3 Å². The van der Waals surface area contributed by atoms with Crippen molar-refractivity contribution >= 4 is 17.2 Å². The minimum absolute atomic E-state index is 0.00998. The molecular weight excluding hydrogens is 246 g/mol. The monoisotopic (exact) mass is 263 g/mol. The Morgan fingerprint density at radius 1 is 1.72 bits per heavy atom. The van der Waals surface area contributed by atoms with Crippen molar-refractivity contribution in [3.8, 4) is 6.07 Å². The van der Waals surface area contributed by atoms with Crippen LogP contribution >= 0.6 is 11.3 Å². The van der Waals surface area contributed by atoms with Crippen LogP contribution in [0.3, 0.4) is 0 Å². The van der Waals surface area contributed by atoms with Gasteiger partial charge in [0.05, 0.1) is 19.0 Å². The van der Waals surface area contributed by atoms with E-state index in [2.05, 4.69) is 28.6 Å². The number of carbonyl (C=O) groups is 1. The van der Waals surface area contributed by atoms with Crippen LogP contribution in [0.15, 0.2) is 11.4 Å². The van der Waals surface area contributed by atoms with Crippen LogP contribution in [-0.4, -0.2) is 30.4 Å². The second-order valence-electron chi connectivity index (χ2n) is 4.45. The van der Waals surface area contributed by atoms with Crippen molar-refractivity contribution in [2.75, 3.05) is 19.6 Å². The van der Waals surface area contributed by atoms with Crippen molar-refractivity contribution in [3.63, 3.8) is 0 Å². The van der Waals surface area contributed by atoms with E-state index in [9.17, 15) is 4.79 Å². The van der Waals surface area contributed by atoms with Gasteiger partial charge in [-0.05, 0) is 30.4 Å². The Balaban J connectivity index is 1.88. The van der Waals surface area contributed by atoms with Crippen molar-refractivity contribution in [1.29, 1.82) is 5.26 Å². The Morgan fingerprint density at radius 2 is 2.56 bits per heavy atom. The van der Waals surface area contributed by atoms with Gasteiger partial charge < -0.3 is 5.32 Å². The summed E-state index contributed by atoms with van der Waals surface area (Å²) in [6, 6.07) is 4.48. The highest BCUT2D eigenvalue weighted by Crippen LogP contribution is 2.32. The Bertz CT molecular complexity index is 463. The fraction of sp³-hybridized carbons (Fsp3) is 0.538. The molecule has 0 spiro atoms. The molecule has 0 aliphatic carbocycles. The van der Waals surface area contributed by atoms with Crippen molar-refractivity contribution in [3.05, 3.63) is 21.9 Å². The lowest BCUT2D eigenvalue weighted by Gasteiger charge is -2.32. The molecule has 1 aromatic heterocycles. The van der Waals surface area contributed by atoms with Crippen molar-refractivity contribution in [1.82, 2.24) is 10.2 Å². The van der Waals surface area contributed by atoms with Gasteiger partial charge in [-0.2, -0.15) is 5.26 Å². The summed E-state index contributed by atoms with van der Waals surface area (Å²) >= 11 is 1.80. The van der Waals surface area contributed by atoms with E-state index in [4.69, 9.17) is 5.26 Å². The summed E-state index contributed by atoms with van der Waals surface area (Å²) in [6.45, 7) is 3.94. The first-order chi connectivity index (χ1) is 8.72. The van der Waals surface area contributed by atoms with Crippen molar-refractivity contribution in [2.45, 2.75) is 25.8 Å². The van der Waals surface area contributed by atoms with E-state index in [1.807, 2.05) is 6.07 Å². The number of fused-ring (bicyclic) bond motifs is 1. The Hall–Kier alpha value is -1.38. The second kappa shape index (κ2) is 5.98. The van der Waals surface area contributed by atoms with Crippen molar-refractivity contribution < 1.29 is 4.79 Å². The molecule has 1 aliphatic rings. The van der Waals surface area contributed by atoms with Crippen molar-refractivity contribution in [2.24, 2.45) is 0 Å². The number of carbonyl (C=O) groups excluding carboxylic acids is 1. The first-order valence-electron chi connectivity index (χ1n) is 6.16. The summed E-state index contributed by atoms with van der Waals surface area (Å²) in [4.78, 5) is 15.4. The molecule has 0 fully saturated rings. The minimum Gasteiger partial charge on any atom is -0.354 e. The lowest BCUT2D eigenvalue weighted by molar-refractivity contribution is -0.122. The van der Waals surface area contributed by atoms with Crippen LogP contribution in [0.1, 0.15) is 29.8 Å². The van der Waals surface area contributed by atoms with Crippen LogP contribution in [0, 0.1) is 11.3 Å². The molecule has 0 unspecified atom stereocenters. The van der Waals surface area contributed by atoms with E-state index >= 15 is 0 Å².